The molecule has 0 atom stereocenters. The van der Waals surface area contributed by atoms with Crippen molar-refractivity contribution in [3.05, 3.63) is 28.0 Å². The van der Waals surface area contributed by atoms with Crippen LogP contribution in [0.2, 0.25) is 0 Å². The molecule has 0 aliphatic heterocycles. The molecule has 1 rings (SSSR count). The van der Waals surface area contributed by atoms with Crippen LogP contribution in [-0.4, -0.2) is 13.1 Å². The molecule has 2 heteroatoms. The van der Waals surface area contributed by atoms with Gasteiger partial charge in [0.25, 0.3) is 0 Å². The Morgan fingerprint density at radius 2 is 2.31 bits per heavy atom. The monoisotopic (exact) mass is 195 g/mol. The fraction of sp³-hybridized carbons (Fsp3) is 0.455. The van der Waals surface area contributed by atoms with Crippen molar-refractivity contribution >= 4 is 17.4 Å². The maximum atomic E-state index is 3.33. The zero-order valence-corrected chi connectivity index (χ0v) is 9.16. The lowest BCUT2D eigenvalue weighted by atomic mass is 10.4. The lowest BCUT2D eigenvalue weighted by Crippen LogP contribution is -2.13. The zero-order valence-electron chi connectivity index (χ0n) is 8.34. The van der Waals surface area contributed by atoms with Crippen LogP contribution in [0, 0.1) is 6.92 Å². The summed E-state index contributed by atoms with van der Waals surface area (Å²) in [5, 5.41) is 3.33. The third-order valence-electron chi connectivity index (χ3n) is 1.73. The van der Waals surface area contributed by atoms with Gasteiger partial charge in [-0.3, -0.25) is 0 Å². The average Bonchev–Trinajstić information content (AvgIpc) is 2.51. The molecule has 1 aromatic heterocycles. The Labute approximate surface area is 84.5 Å². The topological polar surface area (TPSA) is 12.0 Å². The summed E-state index contributed by atoms with van der Waals surface area (Å²) in [6.07, 6.45) is 5.56. The van der Waals surface area contributed by atoms with E-state index in [0.29, 0.717) is 0 Å². The summed E-state index contributed by atoms with van der Waals surface area (Å²) in [5.74, 6) is 0. The van der Waals surface area contributed by atoms with Gasteiger partial charge in [-0.15, -0.1) is 11.3 Å². The number of hydrogen-bond acceptors (Lipinski definition) is 2. The third kappa shape index (κ3) is 4.25. The fourth-order valence-corrected chi connectivity index (χ4v) is 1.89. The van der Waals surface area contributed by atoms with Crippen LogP contribution in [0.3, 0.4) is 0 Å². The maximum Gasteiger partial charge on any atom is 0.0270 e. The summed E-state index contributed by atoms with van der Waals surface area (Å²) in [6, 6.07) is 4.32. The minimum Gasteiger partial charge on any atom is -0.313 e. The van der Waals surface area contributed by atoms with Crippen LogP contribution in [0.4, 0.5) is 0 Å². The molecule has 0 spiro atoms. The van der Waals surface area contributed by atoms with Gasteiger partial charge in [-0.05, 0) is 38.1 Å². The summed E-state index contributed by atoms with van der Waals surface area (Å²) in [5.41, 5.74) is 0. The molecule has 0 unspecified atom stereocenters. The minimum absolute atomic E-state index is 0.977. The van der Waals surface area contributed by atoms with Crippen LogP contribution in [0.15, 0.2) is 18.2 Å². The van der Waals surface area contributed by atoms with E-state index in [1.54, 1.807) is 0 Å². The summed E-state index contributed by atoms with van der Waals surface area (Å²) in [4.78, 5) is 2.72. The van der Waals surface area contributed by atoms with Gasteiger partial charge in [-0.1, -0.05) is 13.0 Å². The number of hydrogen-bond donors (Lipinski definition) is 1. The van der Waals surface area contributed by atoms with E-state index in [0.717, 1.165) is 13.1 Å². The first-order valence-corrected chi connectivity index (χ1v) is 5.58. The largest absolute Gasteiger partial charge is 0.313 e. The van der Waals surface area contributed by atoms with E-state index in [-0.39, 0.29) is 0 Å². The molecular weight excluding hydrogens is 178 g/mol. The highest BCUT2D eigenvalue weighted by molar-refractivity contribution is 7.12. The molecule has 0 aromatic carbocycles. The molecule has 0 aliphatic carbocycles. The van der Waals surface area contributed by atoms with Crippen LogP contribution >= 0.6 is 11.3 Å². The maximum absolute atomic E-state index is 3.33. The first-order valence-electron chi connectivity index (χ1n) is 4.76. The van der Waals surface area contributed by atoms with E-state index in [1.807, 2.05) is 11.3 Å². The lowest BCUT2D eigenvalue weighted by molar-refractivity contribution is 0.730. The lowest BCUT2D eigenvalue weighted by Gasteiger charge is -1.95. The highest BCUT2D eigenvalue weighted by Gasteiger charge is 1.89. The summed E-state index contributed by atoms with van der Waals surface area (Å²) >= 11 is 1.84. The van der Waals surface area contributed by atoms with Gasteiger partial charge in [0.1, 0.15) is 0 Å². The van der Waals surface area contributed by atoms with E-state index >= 15 is 0 Å². The summed E-state index contributed by atoms with van der Waals surface area (Å²) in [6.45, 7) is 6.40. The molecule has 1 nitrogen and oxygen atoms in total. The highest BCUT2D eigenvalue weighted by atomic mass is 32.1. The first-order chi connectivity index (χ1) is 6.33. The van der Waals surface area contributed by atoms with Crippen LogP contribution in [-0.2, 0) is 0 Å². The van der Waals surface area contributed by atoms with Crippen molar-refractivity contribution in [1.82, 2.24) is 5.32 Å². The normalized spacial score (nSPS) is 11.2. The van der Waals surface area contributed by atoms with Gasteiger partial charge in [0.05, 0.1) is 0 Å². The van der Waals surface area contributed by atoms with Gasteiger partial charge in [0.15, 0.2) is 0 Å². The van der Waals surface area contributed by atoms with Crippen molar-refractivity contribution in [3.8, 4) is 0 Å². The molecule has 1 aromatic rings. The Kier molecular flexibility index (Phi) is 4.79. The number of rotatable bonds is 5. The molecule has 0 saturated carbocycles. The molecule has 0 radical (unpaired) electrons. The van der Waals surface area contributed by atoms with Gasteiger partial charge in [-0.25, -0.2) is 0 Å². The second-order valence-electron chi connectivity index (χ2n) is 3.05. The van der Waals surface area contributed by atoms with Crippen LogP contribution in [0.1, 0.15) is 23.1 Å². The predicted molar refractivity (Wildman–Crippen MR) is 61.3 cm³/mol. The van der Waals surface area contributed by atoms with Gasteiger partial charge >= 0.3 is 0 Å². The van der Waals surface area contributed by atoms with Gasteiger partial charge in [0.2, 0.25) is 0 Å². The molecule has 0 fully saturated rings. The minimum atomic E-state index is 0.977. The number of nitrogens with one attached hydrogen (secondary N) is 1. The van der Waals surface area contributed by atoms with Gasteiger partial charge < -0.3 is 5.32 Å². The third-order valence-corrected chi connectivity index (χ3v) is 2.70. The van der Waals surface area contributed by atoms with E-state index < -0.39 is 0 Å². The second kappa shape index (κ2) is 5.95. The number of thiophene rings is 1. The second-order valence-corrected chi connectivity index (χ2v) is 4.37. The van der Waals surface area contributed by atoms with Crippen molar-refractivity contribution < 1.29 is 0 Å². The smallest absolute Gasteiger partial charge is 0.0270 e. The van der Waals surface area contributed by atoms with Crippen molar-refractivity contribution in [3.63, 3.8) is 0 Å². The number of aryl methyl sites for hydroxylation is 1. The molecule has 0 bridgehead atoms. The summed E-state index contributed by atoms with van der Waals surface area (Å²) in [7, 11) is 0. The Balaban J connectivity index is 2.24. The van der Waals surface area contributed by atoms with E-state index in [4.69, 9.17) is 0 Å². The molecule has 1 N–H and O–H groups in total. The molecule has 0 aliphatic rings. The van der Waals surface area contributed by atoms with Crippen LogP contribution < -0.4 is 5.32 Å². The predicted octanol–water partition coefficient (Wildman–Crippen LogP) is 3.07. The van der Waals surface area contributed by atoms with Crippen molar-refractivity contribution in [1.29, 1.82) is 0 Å². The van der Waals surface area contributed by atoms with Gasteiger partial charge in [-0.2, -0.15) is 0 Å². The van der Waals surface area contributed by atoms with Crippen molar-refractivity contribution in [2.75, 3.05) is 13.1 Å². The SMILES string of the molecule is CCCNCC=Cc1ccc(C)s1. The average molecular weight is 195 g/mol. The zero-order chi connectivity index (χ0) is 9.52. The van der Waals surface area contributed by atoms with E-state index in [1.165, 1.54) is 16.2 Å². The Morgan fingerprint density at radius 1 is 1.46 bits per heavy atom. The van der Waals surface area contributed by atoms with E-state index in [2.05, 4.69) is 43.4 Å². The molecule has 13 heavy (non-hydrogen) atoms. The highest BCUT2D eigenvalue weighted by Crippen LogP contribution is 2.15. The first kappa shape index (κ1) is 10.5. The fourth-order valence-electron chi connectivity index (χ4n) is 1.08. The van der Waals surface area contributed by atoms with Gasteiger partial charge in [0, 0.05) is 16.3 Å². The molecular formula is C11H17NS. The standard InChI is InChI=1S/C11H17NS/c1-3-8-12-9-4-5-11-7-6-10(2)13-11/h4-7,12H,3,8-9H2,1-2H3. The quantitative estimate of drug-likeness (QED) is 0.712. The van der Waals surface area contributed by atoms with Crippen molar-refractivity contribution in [2.24, 2.45) is 0 Å². The molecule has 0 amide bonds. The Morgan fingerprint density at radius 3 is 2.92 bits per heavy atom. The Bertz CT molecular complexity index is 263. The molecule has 1 heterocycles. The summed E-state index contributed by atoms with van der Waals surface area (Å²) < 4.78 is 0. The molecule has 72 valence electrons. The van der Waals surface area contributed by atoms with Crippen LogP contribution in [0.5, 0.6) is 0 Å². The van der Waals surface area contributed by atoms with E-state index in [9.17, 15) is 0 Å². The molecule has 0 saturated heterocycles. The van der Waals surface area contributed by atoms with Crippen molar-refractivity contribution in [2.45, 2.75) is 20.3 Å². The van der Waals surface area contributed by atoms with Crippen LogP contribution in [0.25, 0.3) is 6.08 Å². The Hall–Kier alpha value is -0.600.